The minimum atomic E-state index is -3.66. The molecule has 0 aliphatic carbocycles. The zero-order valence-corrected chi connectivity index (χ0v) is 17.3. The van der Waals surface area contributed by atoms with E-state index in [4.69, 9.17) is 10.5 Å². The van der Waals surface area contributed by atoms with E-state index in [9.17, 15) is 18.0 Å². The van der Waals surface area contributed by atoms with E-state index >= 15 is 8.78 Å². The zero-order chi connectivity index (χ0) is 23.9. The molecule has 1 aliphatic rings. The largest absolute Gasteiger partial charge is 0.453 e. The fourth-order valence-electron chi connectivity index (χ4n) is 3.50. The van der Waals surface area contributed by atoms with Gasteiger partial charge in [0.05, 0.1) is 6.20 Å². The van der Waals surface area contributed by atoms with Gasteiger partial charge >= 0.3 is 12.5 Å². The van der Waals surface area contributed by atoms with Crippen LogP contribution in [0.5, 0.6) is 5.75 Å². The Morgan fingerprint density at radius 2 is 1.88 bits per heavy atom. The number of amidine groups is 1. The fraction of sp³-hybridized carbons (Fsp3) is 0.381. The van der Waals surface area contributed by atoms with Crippen molar-refractivity contribution in [1.29, 1.82) is 0 Å². The normalized spacial score (nSPS) is 21.6. The predicted octanol–water partition coefficient (Wildman–Crippen LogP) is 4.22. The second-order valence-corrected chi connectivity index (χ2v) is 7.88. The summed E-state index contributed by atoms with van der Waals surface area (Å²) in [6, 6.07) is 5.16. The topological polar surface area (TPSA) is 86.8 Å². The SMILES string of the molecule is CC1(C)OC(N)=N[C@](C)(c2cc(CC(=O)c3ccc(OC(F)F)cn3)ccc2F)C1(F)F. The quantitative estimate of drug-likeness (QED) is 0.519. The minimum absolute atomic E-state index is 0.0662. The second-order valence-electron chi connectivity index (χ2n) is 7.88. The van der Waals surface area contributed by atoms with Gasteiger partial charge in [-0.1, -0.05) is 6.07 Å². The van der Waals surface area contributed by atoms with Crippen LogP contribution in [0.2, 0.25) is 0 Å². The molecule has 1 aliphatic heterocycles. The third-order valence-corrected chi connectivity index (χ3v) is 5.23. The molecule has 0 amide bonds. The number of benzene rings is 1. The van der Waals surface area contributed by atoms with Crippen LogP contribution in [0.1, 0.15) is 42.4 Å². The number of alkyl halides is 4. The molecular formula is C21H20F5N3O3. The summed E-state index contributed by atoms with van der Waals surface area (Å²) in [7, 11) is 0. The van der Waals surface area contributed by atoms with Crippen LogP contribution in [-0.4, -0.2) is 34.9 Å². The first kappa shape index (κ1) is 23.4. The Labute approximate surface area is 180 Å². The number of nitrogens with zero attached hydrogens (tertiary/aromatic N) is 2. The van der Waals surface area contributed by atoms with E-state index in [0.29, 0.717) is 0 Å². The summed E-state index contributed by atoms with van der Waals surface area (Å²) in [5.41, 5.74) is 0.813. The van der Waals surface area contributed by atoms with Gasteiger partial charge in [-0.15, -0.1) is 0 Å². The van der Waals surface area contributed by atoms with Crippen molar-refractivity contribution in [3.05, 3.63) is 59.2 Å². The first-order valence-electron chi connectivity index (χ1n) is 9.42. The second kappa shape index (κ2) is 8.03. The monoisotopic (exact) mass is 457 g/mol. The number of halogens is 5. The number of rotatable bonds is 6. The maximum atomic E-state index is 15.3. The lowest BCUT2D eigenvalue weighted by Gasteiger charge is -2.46. The van der Waals surface area contributed by atoms with Gasteiger partial charge < -0.3 is 15.2 Å². The molecule has 1 atom stereocenters. The van der Waals surface area contributed by atoms with E-state index in [1.54, 1.807) is 0 Å². The maximum absolute atomic E-state index is 15.3. The molecule has 0 unspecified atom stereocenters. The molecule has 32 heavy (non-hydrogen) atoms. The number of hydrogen-bond acceptors (Lipinski definition) is 6. The van der Waals surface area contributed by atoms with Gasteiger partial charge in [-0.25, -0.2) is 14.4 Å². The van der Waals surface area contributed by atoms with Gasteiger partial charge in [-0.3, -0.25) is 4.79 Å². The van der Waals surface area contributed by atoms with E-state index in [2.05, 4.69) is 14.7 Å². The Kier molecular flexibility index (Phi) is 5.88. The molecule has 2 aromatic rings. The van der Waals surface area contributed by atoms with Gasteiger partial charge in [0.2, 0.25) is 0 Å². The van der Waals surface area contributed by atoms with E-state index in [-0.39, 0.29) is 23.4 Å². The smallest absolute Gasteiger partial charge is 0.387 e. The van der Waals surface area contributed by atoms with Crippen molar-refractivity contribution in [2.75, 3.05) is 0 Å². The van der Waals surface area contributed by atoms with Crippen molar-refractivity contribution in [2.45, 2.75) is 50.9 Å². The van der Waals surface area contributed by atoms with E-state index < -0.39 is 46.9 Å². The molecule has 2 heterocycles. The summed E-state index contributed by atoms with van der Waals surface area (Å²) < 4.78 is 78.8. The lowest BCUT2D eigenvalue weighted by Crippen LogP contribution is -2.62. The Bertz CT molecular complexity index is 1060. The number of hydrogen-bond donors (Lipinski definition) is 1. The molecule has 0 bridgehead atoms. The molecule has 0 spiro atoms. The number of aliphatic imine (C=N–C) groups is 1. The van der Waals surface area contributed by atoms with Crippen LogP contribution < -0.4 is 10.5 Å². The third-order valence-electron chi connectivity index (χ3n) is 5.23. The number of Topliss-reactive ketones (excluding diaryl/α,β-unsaturated/α-hetero) is 1. The summed E-state index contributed by atoms with van der Waals surface area (Å²) in [6.07, 6.45) is 0.648. The molecule has 1 aromatic heterocycles. The van der Waals surface area contributed by atoms with E-state index in [0.717, 1.165) is 45.2 Å². The first-order valence-corrected chi connectivity index (χ1v) is 9.42. The van der Waals surface area contributed by atoms with Crippen molar-refractivity contribution in [3.8, 4) is 5.75 Å². The van der Waals surface area contributed by atoms with Gasteiger partial charge in [-0.05, 0) is 50.6 Å². The first-order chi connectivity index (χ1) is 14.8. The number of ether oxygens (including phenoxy) is 2. The summed E-state index contributed by atoms with van der Waals surface area (Å²) in [6.45, 7) is 0.232. The molecule has 6 nitrogen and oxygen atoms in total. The number of carbonyl (C=O) groups is 1. The van der Waals surface area contributed by atoms with Crippen molar-refractivity contribution >= 4 is 11.8 Å². The summed E-state index contributed by atoms with van der Waals surface area (Å²) in [5.74, 6) is -5.38. The lowest BCUT2D eigenvalue weighted by atomic mass is 9.76. The van der Waals surface area contributed by atoms with Crippen LogP contribution in [0.3, 0.4) is 0 Å². The highest BCUT2D eigenvalue weighted by Gasteiger charge is 2.66. The molecule has 0 saturated carbocycles. The standard InChI is InChI=1S/C21H20F5N3O3/c1-19(2)21(25,26)20(3,29-18(27)32-19)13-8-11(4-6-14(13)22)9-16(30)15-7-5-12(10-28-15)31-17(23)24/h4-8,10,17H,9H2,1-3H3,(H2,27,29)/t20-/m1/s1. The van der Waals surface area contributed by atoms with Crippen molar-refractivity contribution in [1.82, 2.24) is 4.98 Å². The summed E-state index contributed by atoms with van der Waals surface area (Å²) in [5, 5.41) is 0. The van der Waals surface area contributed by atoms with Gasteiger partial charge in [0.25, 0.3) is 6.02 Å². The Morgan fingerprint density at radius 1 is 1.19 bits per heavy atom. The fourth-order valence-corrected chi connectivity index (χ4v) is 3.50. The highest BCUT2D eigenvalue weighted by molar-refractivity contribution is 5.95. The number of ketones is 1. The predicted molar refractivity (Wildman–Crippen MR) is 104 cm³/mol. The van der Waals surface area contributed by atoms with Crippen LogP contribution in [0.25, 0.3) is 0 Å². The molecule has 172 valence electrons. The number of pyridine rings is 1. The van der Waals surface area contributed by atoms with Crippen LogP contribution in [0, 0.1) is 5.82 Å². The minimum Gasteiger partial charge on any atom is -0.453 e. The average molecular weight is 457 g/mol. The van der Waals surface area contributed by atoms with Gasteiger partial charge in [0.15, 0.2) is 16.9 Å². The highest BCUT2D eigenvalue weighted by Crippen LogP contribution is 2.51. The van der Waals surface area contributed by atoms with Crippen molar-refractivity contribution in [3.63, 3.8) is 0 Å². The van der Waals surface area contributed by atoms with Crippen molar-refractivity contribution < 1.29 is 36.2 Å². The number of aromatic nitrogens is 1. The zero-order valence-electron chi connectivity index (χ0n) is 17.3. The Morgan fingerprint density at radius 3 is 2.47 bits per heavy atom. The molecule has 2 N–H and O–H groups in total. The van der Waals surface area contributed by atoms with Gasteiger partial charge in [0.1, 0.15) is 17.3 Å². The average Bonchev–Trinajstić information content (AvgIpc) is 2.67. The molecule has 0 saturated heterocycles. The Balaban J connectivity index is 1.92. The lowest BCUT2D eigenvalue weighted by molar-refractivity contribution is -0.207. The molecule has 11 heteroatoms. The molecular weight excluding hydrogens is 437 g/mol. The third kappa shape index (κ3) is 4.11. The molecule has 3 rings (SSSR count). The summed E-state index contributed by atoms with van der Waals surface area (Å²) >= 11 is 0. The van der Waals surface area contributed by atoms with Gasteiger partial charge in [-0.2, -0.15) is 17.6 Å². The van der Waals surface area contributed by atoms with Crippen LogP contribution in [0.4, 0.5) is 22.0 Å². The van der Waals surface area contributed by atoms with Crippen LogP contribution in [-0.2, 0) is 16.7 Å². The maximum Gasteiger partial charge on any atom is 0.387 e. The molecule has 0 fully saturated rings. The molecule has 0 radical (unpaired) electrons. The summed E-state index contributed by atoms with van der Waals surface area (Å²) in [4.78, 5) is 20.0. The van der Waals surface area contributed by atoms with E-state index in [1.165, 1.54) is 12.1 Å². The Hall–Kier alpha value is -3.24. The highest BCUT2D eigenvalue weighted by atomic mass is 19.3. The van der Waals surface area contributed by atoms with Gasteiger partial charge in [0, 0.05) is 12.0 Å². The van der Waals surface area contributed by atoms with Crippen molar-refractivity contribution in [2.24, 2.45) is 10.7 Å². The molecule has 1 aromatic carbocycles. The van der Waals surface area contributed by atoms with Crippen LogP contribution >= 0.6 is 0 Å². The number of nitrogens with two attached hydrogens (primary N) is 1. The van der Waals surface area contributed by atoms with Crippen LogP contribution in [0.15, 0.2) is 41.5 Å². The van der Waals surface area contributed by atoms with E-state index in [1.807, 2.05) is 0 Å². The number of carbonyl (C=O) groups excluding carboxylic acids is 1.